The van der Waals surface area contributed by atoms with E-state index in [0.29, 0.717) is 11.0 Å². The lowest BCUT2D eigenvalue weighted by atomic mass is 9.90. The third kappa shape index (κ3) is 81.5. The van der Waals surface area contributed by atoms with Gasteiger partial charge in [0.1, 0.15) is 0 Å². The van der Waals surface area contributed by atoms with Crippen LogP contribution in [-0.2, 0) is 0 Å². The van der Waals surface area contributed by atoms with E-state index in [-0.39, 0.29) is 52.7 Å². The van der Waals surface area contributed by atoms with Gasteiger partial charge in [0, 0.05) is 5.54 Å². The van der Waals surface area contributed by atoms with E-state index in [2.05, 4.69) is 74.6 Å². The highest BCUT2D eigenvalue weighted by molar-refractivity contribution is 4.66. The quantitative estimate of drug-likeness (QED) is 0.369. The summed E-state index contributed by atoms with van der Waals surface area (Å²) < 4.78 is 0. The van der Waals surface area contributed by atoms with Crippen molar-refractivity contribution in [3.8, 4) is 0 Å². The Morgan fingerprint density at radius 2 is 0.839 bits per heavy atom. The standard InChI is InChI=1S/C7H16O.C6H14O.C6H14.C5H13N.4CH4/c1-6(8)5-7(2,3)4;1-5(7)6(2,3)4;1-5-6(2,3)4;1-5(2,3)6-4;;;;/h6,8H,5H2,1-4H3;5,7H,1-4H3;5H2,1-4H3;6H,1-4H3;4*1H4. The van der Waals surface area contributed by atoms with E-state index in [9.17, 15) is 0 Å². The minimum absolute atomic E-state index is 0. The first-order valence-electron chi connectivity index (χ1n) is 10.5. The normalized spacial score (nSPS) is 12.6. The number of hydrogen-bond acceptors (Lipinski definition) is 3. The largest absolute Gasteiger partial charge is 0.393 e. The summed E-state index contributed by atoms with van der Waals surface area (Å²) in [7, 11) is 1.96. The van der Waals surface area contributed by atoms with Gasteiger partial charge in [0.05, 0.1) is 12.2 Å². The van der Waals surface area contributed by atoms with Crippen molar-refractivity contribution in [3.05, 3.63) is 0 Å². The molecule has 2 atom stereocenters. The minimum atomic E-state index is -0.201. The number of nitrogens with one attached hydrogen (secondary N) is 1. The Morgan fingerprint density at radius 1 is 0.645 bits per heavy atom. The van der Waals surface area contributed by atoms with Crippen LogP contribution in [0, 0.1) is 16.2 Å². The van der Waals surface area contributed by atoms with Gasteiger partial charge >= 0.3 is 0 Å². The van der Waals surface area contributed by atoms with Gasteiger partial charge < -0.3 is 15.5 Å². The van der Waals surface area contributed by atoms with Crippen LogP contribution in [0.1, 0.15) is 146 Å². The summed E-state index contributed by atoms with van der Waals surface area (Å²) in [4.78, 5) is 0. The molecule has 0 saturated carbocycles. The van der Waals surface area contributed by atoms with Gasteiger partial charge in [-0.15, -0.1) is 0 Å². The molecule has 0 bridgehead atoms. The van der Waals surface area contributed by atoms with E-state index in [1.54, 1.807) is 6.92 Å². The summed E-state index contributed by atoms with van der Waals surface area (Å²) in [6.07, 6.45) is 1.79. The SMILES string of the molecule is C.C.C.C.CC(O)C(C)(C)C.CC(O)CC(C)(C)C.CCC(C)(C)C.CNC(C)(C)C. The fourth-order valence-electron chi connectivity index (χ4n) is 0.886. The molecule has 0 fully saturated rings. The molecule has 0 aliphatic rings. The van der Waals surface area contributed by atoms with E-state index < -0.39 is 0 Å². The summed E-state index contributed by atoms with van der Waals surface area (Å²) in [5.41, 5.74) is 1.16. The van der Waals surface area contributed by atoms with Gasteiger partial charge in [-0.1, -0.05) is 105 Å². The molecule has 0 radical (unpaired) electrons. The highest BCUT2D eigenvalue weighted by Crippen LogP contribution is 2.20. The average molecular weight is 456 g/mol. The van der Waals surface area contributed by atoms with Crippen LogP contribution < -0.4 is 5.32 Å². The van der Waals surface area contributed by atoms with E-state index in [1.807, 2.05) is 34.7 Å². The van der Waals surface area contributed by atoms with Gasteiger partial charge in [0.25, 0.3) is 0 Å². The van der Waals surface area contributed by atoms with Crippen molar-refractivity contribution < 1.29 is 10.2 Å². The lowest BCUT2D eigenvalue weighted by Gasteiger charge is -2.21. The van der Waals surface area contributed by atoms with Crippen molar-refractivity contribution in [3.63, 3.8) is 0 Å². The fourth-order valence-corrected chi connectivity index (χ4v) is 0.886. The van der Waals surface area contributed by atoms with Crippen LogP contribution in [-0.4, -0.2) is 35.0 Å². The second kappa shape index (κ2) is 23.1. The first kappa shape index (κ1) is 52.7. The molecule has 0 aromatic carbocycles. The van der Waals surface area contributed by atoms with Crippen molar-refractivity contribution in [2.75, 3.05) is 7.05 Å². The van der Waals surface area contributed by atoms with Crippen LogP contribution in [0.5, 0.6) is 0 Å². The maximum atomic E-state index is 8.89. The van der Waals surface area contributed by atoms with Crippen molar-refractivity contribution in [1.82, 2.24) is 5.32 Å². The first-order chi connectivity index (χ1) is 11.5. The van der Waals surface area contributed by atoms with Crippen LogP contribution in [0.4, 0.5) is 0 Å². The predicted molar refractivity (Wildman–Crippen MR) is 152 cm³/mol. The third-order valence-electron chi connectivity index (χ3n) is 3.97. The van der Waals surface area contributed by atoms with Gasteiger partial charge in [-0.05, 0) is 64.3 Å². The molecule has 202 valence electrons. The number of hydrogen-bond donors (Lipinski definition) is 3. The van der Waals surface area contributed by atoms with Crippen molar-refractivity contribution in [1.29, 1.82) is 0 Å². The molecule has 0 aliphatic carbocycles. The average Bonchev–Trinajstić information content (AvgIpc) is 2.35. The molecule has 3 N–H and O–H groups in total. The van der Waals surface area contributed by atoms with Crippen LogP contribution in [0.2, 0.25) is 0 Å². The fraction of sp³-hybridized carbons (Fsp3) is 1.00. The Bertz CT molecular complexity index is 294. The number of rotatable bonds is 1. The lowest BCUT2D eigenvalue weighted by molar-refractivity contribution is 0.0801. The van der Waals surface area contributed by atoms with Gasteiger partial charge in [-0.2, -0.15) is 0 Å². The maximum absolute atomic E-state index is 8.89. The number of aliphatic hydroxyl groups is 2. The molecule has 0 aromatic rings. The van der Waals surface area contributed by atoms with Crippen LogP contribution in [0.15, 0.2) is 0 Å². The van der Waals surface area contributed by atoms with Crippen LogP contribution in [0.3, 0.4) is 0 Å². The number of aliphatic hydroxyl groups excluding tert-OH is 2. The molecule has 0 amide bonds. The molecule has 0 heterocycles. The molecule has 3 nitrogen and oxygen atoms in total. The molecule has 3 heteroatoms. The second-order valence-electron chi connectivity index (χ2n) is 12.1. The van der Waals surface area contributed by atoms with Gasteiger partial charge in [-0.3, -0.25) is 0 Å². The van der Waals surface area contributed by atoms with Crippen molar-refractivity contribution in [2.24, 2.45) is 16.2 Å². The molecular weight excluding hydrogens is 382 g/mol. The van der Waals surface area contributed by atoms with Crippen LogP contribution >= 0.6 is 0 Å². The molecule has 31 heavy (non-hydrogen) atoms. The molecule has 2 unspecified atom stereocenters. The van der Waals surface area contributed by atoms with Gasteiger partial charge in [-0.25, -0.2) is 0 Å². The van der Waals surface area contributed by atoms with Crippen molar-refractivity contribution in [2.45, 2.75) is 164 Å². The van der Waals surface area contributed by atoms with E-state index in [0.717, 1.165) is 6.42 Å². The smallest absolute Gasteiger partial charge is 0.0560 e. The Kier molecular flexibility index (Phi) is 39.2. The zero-order valence-corrected chi connectivity index (χ0v) is 22.0. The zero-order valence-electron chi connectivity index (χ0n) is 22.0. The highest BCUT2D eigenvalue weighted by atomic mass is 16.3. The summed E-state index contributed by atoms with van der Waals surface area (Å²) in [5, 5.41) is 20.9. The van der Waals surface area contributed by atoms with E-state index in [1.165, 1.54) is 6.42 Å². The molecule has 0 aliphatic heterocycles. The van der Waals surface area contributed by atoms with E-state index >= 15 is 0 Å². The summed E-state index contributed by atoms with van der Waals surface area (Å²) in [6.45, 7) is 31.4. The molecule has 0 spiro atoms. The summed E-state index contributed by atoms with van der Waals surface area (Å²) in [5.74, 6) is 0. The van der Waals surface area contributed by atoms with Crippen LogP contribution in [0.25, 0.3) is 0 Å². The topological polar surface area (TPSA) is 52.5 Å². The van der Waals surface area contributed by atoms with Gasteiger partial charge in [0.2, 0.25) is 0 Å². The zero-order chi connectivity index (χ0) is 23.3. The molecule has 0 rings (SSSR count). The van der Waals surface area contributed by atoms with Gasteiger partial charge in [0.15, 0.2) is 0 Å². The third-order valence-corrected chi connectivity index (χ3v) is 3.97. The Labute approximate surface area is 203 Å². The summed E-state index contributed by atoms with van der Waals surface area (Å²) in [6, 6.07) is 0. The maximum Gasteiger partial charge on any atom is 0.0560 e. The molecule has 0 aromatic heterocycles. The highest BCUT2D eigenvalue weighted by Gasteiger charge is 2.15. The molecular formula is C28H73NO2. The Hall–Kier alpha value is -0.120. The first-order valence-corrected chi connectivity index (χ1v) is 10.5. The minimum Gasteiger partial charge on any atom is -0.393 e. The summed E-state index contributed by atoms with van der Waals surface area (Å²) >= 11 is 0. The lowest BCUT2D eigenvalue weighted by Crippen LogP contribution is -2.31. The Morgan fingerprint density at radius 3 is 0.839 bits per heavy atom. The molecule has 0 saturated heterocycles. The second-order valence-corrected chi connectivity index (χ2v) is 12.1. The van der Waals surface area contributed by atoms with E-state index in [4.69, 9.17) is 10.2 Å². The monoisotopic (exact) mass is 456 g/mol. The Balaban J connectivity index is -0.0000000366. The predicted octanol–water partition coefficient (Wildman–Crippen LogP) is 9.21. The van der Waals surface area contributed by atoms with Crippen molar-refractivity contribution >= 4 is 0 Å².